The third kappa shape index (κ3) is 3.74. The monoisotopic (exact) mass is 311 g/mol. The molecule has 5 nitrogen and oxygen atoms in total. The third-order valence-electron chi connectivity index (χ3n) is 3.80. The fraction of sp³-hybridized carbons (Fsp3) is 0.278. The molecule has 0 bridgehead atoms. The number of rotatable bonds is 5. The van der Waals surface area contributed by atoms with Crippen molar-refractivity contribution in [1.82, 2.24) is 9.88 Å². The van der Waals surface area contributed by atoms with Gasteiger partial charge in [0.2, 0.25) is 5.91 Å². The van der Waals surface area contributed by atoms with Gasteiger partial charge in [0.05, 0.1) is 5.69 Å². The molecule has 2 N–H and O–H groups in total. The highest BCUT2D eigenvalue weighted by atomic mass is 16.2. The molecule has 5 heteroatoms. The van der Waals surface area contributed by atoms with Gasteiger partial charge in [0.25, 0.3) is 5.91 Å². The zero-order valence-electron chi connectivity index (χ0n) is 13.6. The van der Waals surface area contributed by atoms with Crippen LogP contribution < -0.4 is 5.73 Å². The van der Waals surface area contributed by atoms with Crippen LogP contribution in [0.15, 0.2) is 42.5 Å². The highest BCUT2D eigenvalue weighted by Gasteiger charge is 2.23. The molecule has 1 aromatic carbocycles. The lowest BCUT2D eigenvalue weighted by atomic mass is 10.1. The average molecular weight is 311 g/mol. The maximum Gasteiger partial charge on any atom is 0.254 e. The number of nitrogens with two attached hydrogens (primary N) is 1. The van der Waals surface area contributed by atoms with Gasteiger partial charge in [-0.2, -0.15) is 0 Å². The Balaban J connectivity index is 2.25. The summed E-state index contributed by atoms with van der Waals surface area (Å²) in [4.78, 5) is 29.8. The van der Waals surface area contributed by atoms with E-state index in [1.165, 1.54) is 4.90 Å². The van der Waals surface area contributed by atoms with Crippen molar-refractivity contribution in [3.8, 4) is 11.3 Å². The van der Waals surface area contributed by atoms with Gasteiger partial charge < -0.3 is 10.6 Å². The Morgan fingerprint density at radius 1 is 1.17 bits per heavy atom. The molecule has 0 radical (unpaired) electrons. The summed E-state index contributed by atoms with van der Waals surface area (Å²) < 4.78 is 0. The number of pyridine rings is 1. The van der Waals surface area contributed by atoms with Crippen LogP contribution in [0.4, 0.5) is 0 Å². The van der Waals surface area contributed by atoms with E-state index in [1.54, 1.807) is 19.1 Å². The highest BCUT2D eigenvalue weighted by Crippen LogP contribution is 2.19. The summed E-state index contributed by atoms with van der Waals surface area (Å²) in [5.74, 6) is -0.719. The van der Waals surface area contributed by atoms with Gasteiger partial charge in [0, 0.05) is 23.4 Å². The minimum absolute atomic E-state index is 0.206. The van der Waals surface area contributed by atoms with Crippen LogP contribution in [0.2, 0.25) is 0 Å². The molecule has 1 atom stereocenters. The van der Waals surface area contributed by atoms with Crippen molar-refractivity contribution in [3.63, 3.8) is 0 Å². The molecule has 0 aliphatic carbocycles. The smallest absolute Gasteiger partial charge is 0.254 e. The van der Waals surface area contributed by atoms with E-state index in [4.69, 9.17) is 5.73 Å². The van der Waals surface area contributed by atoms with Crippen molar-refractivity contribution in [1.29, 1.82) is 0 Å². The topological polar surface area (TPSA) is 76.3 Å². The number of carbonyl (C=O) groups excluding carboxylic acids is 2. The van der Waals surface area contributed by atoms with E-state index in [1.807, 2.05) is 44.2 Å². The minimum atomic E-state index is -0.634. The van der Waals surface area contributed by atoms with Crippen molar-refractivity contribution in [2.45, 2.75) is 26.8 Å². The Labute approximate surface area is 136 Å². The molecule has 2 amide bonds. The first kappa shape index (κ1) is 16.7. The third-order valence-corrected chi connectivity index (χ3v) is 3.80. The van der Waals surface area contributed by atoms with Crippen molar-refractivity contribution >= 4 is 11.8 Å². The van der Waals surface area contributed by atoms with Gasteiger partial charge in [-0.05, 0) is 45.0 Å². The van der Waals surface area contributed by atoms with E-state index < -0.39 is 11.9 Å². The number of aromatic nitrogens is 1. The molecule has 0 aliphatic rings. The molecular weight excluding hydrogens is 290 g/mol. The first-order chi connectivity index (χ1) is 10.9. The van der Waals surface area contributed by atoms with Gasteiger partial charge in [-0.25, -0.2) is 0 Å². The molecule has 0 fully saturated rings. The maximum absolute atomic E-state index is 12.5. The number of amides is 2. The Morgan fingerprint density at radius 2 is 1.83 bits per heavy atom. The van der Waals surface area contributed by atoms with Gasteiger partial charge in [0.15, 0.2) is 0 Å². The molecule has 0 saturated carbocycles. The molecular formula is C18H21N3O2. The lowest BCUT2D eigenvalue weighted by Crippen LogP contribution is -2.46. The first-order valence-electron chi connectivity index (χ1n) is 7.58. The van der Waals surface area contributed by atoms with Gasteiger partial charge in [-0.3, -0.25) is 14.6 Å². The molecule has 120 valence electrons. The van der Waals surface area contributed by atoms with Crippen LogP contribution in [0.25, 0.3) is 11.3 Å². The number of likely N-dealkylation sites (N-methyl/N-ethyl adjacent to an activating group) is 1. The highest BCUT2D eigenvalue weighted by molar-refractivity contribution is 5.97. The summed E-state index contributed by atoms with van der Waals surface area (Å²) in [7, 11) is 0. The number of nitrogens with zero attached hydrogens (tertiary/aromatic N) is 2. The van der Waals surface area contributed by atoms with Crippen molar-refractivity contribution in [2.75, 3.05) is 6.54 Å². The molecule has 2 rings (SSSR count). The molecule has 23 heavy (non-hydrogen) atoms. The predicted octanol–water partition coefficient (Wildman–Crippen LogP) is 2.39. The van der Waals surface area contributed by atoms with Crippen LogP contribution in [-0.2, 0) is 4.79 Å². The van der Waals surface area contributed by atoms with E-state index in [-0.39, 0.29) is 5.91 Å². The van der Waals surface area contributed by atoms with Crippen molar-refractivity contribution in [3.05, 3.63) is 53.7 Å². The molecule has 2 aromatic rings. The SMILES string of the molecule is CCN(C(=O)c1ccc(-c2cccc(C)n2)cc1)[C@H](C)C(N)=O. The average Bonchev–Trinajstić information content (AvgIpc) is 2.55. The van der Waals surface area contributed by atoms with E-state index in [0.29, 0.717) is 12.1 Å². The Hall–Kier alpha value is -2.69. The Kier molecular flexibility index (Phi) is 5.11. The van der Waals surface area contributed by atoms with Crippen LogP contribution in [0, 0.1) is 6.92 Å². The first-order valence-corrected chi connectivity index (χ1v) is 7.58. The van der Waals surface area contributed by atoms with Crippen LogP contribution >= 0.6 is 0 Å². The predicted molar refractivity (Wildman–Crippen MR) is 89.8 cm³/mol. The molecule has 0 unspecified atom stereocenters. The summed E-state index contributed by atoms with van der Waals surface area (Å²) in [6, 6.07) is 12.4. The number of benzene rings is 1. The molecule has 1 heterocycles. The van der Waals surface area contributed by atoms with Gasteiger partial charge >= 0.3 is 0 Å². The van der Waals surface area contributed by atoms with E-state index in [0.717, 1.165) is 17.0 Å². The fourth-order valence-corrected chi connectivity index (χ4v) is 2.40. The second kappa shape index (κ2) is 7.05. The number of carbonyl (C=O) groups is 2. The summed E-state index contributed by atoms with van der Waals surface area (Å²) in [5, 5.41) is 0. The minimum Gasteiger partial charge on any atom is -0.368 e. The number of primary amides is 1. The van der Waals surface area contributed by atoms with Gasteiger partial charge in [-0.15, -0.1) is 0 Å². The lowest BCUT2D eigenvalue weighted by Gasteiger charge is -2.25. The van der Waals surface area contributed by atoms with Crippen LogP contribution in [0.5, 0.6) is 0 Å². The van der Waals surface area contributed by atoms with Crippen LogP contribution in [0.1, 0.15) is 29.9 Å². The number of hydrogen-bond donors (Lipinski definition) is 1. The second-order valence-corrected chi connectivity index (χ2v) is 5.41. The van der Waals surface area contributed by atoms with Crippen molar-refractivity contribution < 1.29 is 9.59 Å². The lowest BCUT2D eigenvalue weighted by molar-refractivity contribution is -0.121. The Morgan fingerprint density at radius 3 is 2.35 bits per heavy atom. The number of hydrogen-bond acceptors (Lipinski definition) is 3. The zero-order chi connectivity index (χ0) is 17.0. The molecule has 0 spiro atoms. The maximum atomic E-state index is 12.5. The van der Waals surface area contributed by atoms with E-state index in [2.05, 4.69) is 4.98 Å². The van der Waals surface area contributed by atoms with E-state index >= 15 is 0 Å². The summed E-state index contributed by atoms with van der Waals surface area (Å²) in [6.45, 7) is 5.81. The quantitative estimate of drug-likeness (QED) is 0.921. The largest absolute Gasteiger partial charge is 0.368 e. The van der Waals surface area contributed by atoms with Crippen LogP contribution in [0.3, 0.4) is 0 Å². The summed E-state index contributed by atoms with van der Waals surface area (Å²) in [5.41, 5.74) is 8.57. The second-order valence-electron chi connectivity index (χ2n) is 5.41. The fourth-order valence-electron chi connectivity index (χ4n) is 2.40. The summed E-state index contributed by atoms with van der Waals surface area (Å²) >= 11 is 0. The summed E-state index contributed by atoms with van der Waals surface area (Å²) in [6.07, 6.45) is 0. The van der Waals surface area contributed by atoms with E-state index in [9.17, 15) is 9.59 Å². The van der Waals surface area contributed by atoms with Crippen LogP contribution in [-0.4, -0.2) is 34.3 Å². The normalized spacial score (nSPS) is 11.8. The van der Waals surface area contributed by atoms with Gasteiger partial charge in [0.1, 0.15) is 6.04 Å². The standard InChI is InChI=1S/C18H21N3O2/c1-4-21(13(3)17(19)22)18(23)15-10-8-14(9-11-15)16-7-5-6-12(2)20-16/h5-11,13H,4H2,1-3H3,(H2,19,22)/t13-/m1/s1. The molecule has 0 aliphatic heterocycles. The van der Waals surface area contributed by atoms with Gasteiger partial charge in [-0.1, -0.05) is 18.2 Å². The zero-order valence-corrected chi connectivity index (χ0v) is 13.6. The molecule has 1 aromatic heterocycles. The number of aryl methyl sites for hydroxylation is 1. The Bertz CT molecular complexity index is 710. The van der Waals surface area contributed by atoms with Crippen molar-refractivity contribution in [2.24, 2.45) is 5.73 Å². The molecule has 0 saturated heterocycles.